The fourth-order valence-corrected chi connectivity index (χ4v) is 2.87. The summed E-state index contributed by atoms with van der Waals surface area (Å²) < 4.78 is 21.3. The Bertz CT molecular complexity index is 1070. The summed E-state index contributed by atoms with van der Waals surface area (Å²) in [7, 11) is 0. The van der Waals surface area contributed by atoms with Crippen molar-refractivity contribution in [2.24, 2.45) is 0 Å². The van der Waals surface area contributed by atoms with Crippen molar-refractivity contribution in [3.8, 4) is 17.2 Å². The number of nitrogens with one attached hydrogen (secondary N) is 2. The minimum atomic E-state index is -0.787. The number of amides is 2. The minimum Gasteiger partial charge on any atom is -0.489 e. The van der Waals surface area contributed by atoms with Gasteiger partial charge in [0.1, 0.15) is 19.0 Å². The molecule has 0 spiro atoms. The first-order valence-electron chi connectivity index (χ1n) is 9.56. The summed E-state index contributed by atoms with van der Waals surface area (Å²) in [5.74, 6) is 1.21. The van der Waals surface area contributed by atoms with Crippen LogP contribution in [0.4, 0.5) is 4.79 Å². The van der Waals surface area contributed by atoms with Gasteiger partial charge in [0.05, 0.1) is 0 Å². The van der Waals surface area contributed by atoms with E-state index in [1.807, 2.05) is 48.5 Å². The van der Waals surface area contributed by atoms with Crippen LogP contribution in [0.15, 0.2) is 72.8 Å². The van der Waals surface area contributed by atoms with E-state index in [0.29, 0.717) is 29.4 Å². The molecular formula is C23H20N2O6. The van der Waals surface area contributed by atoms with Crippen molar-refractivity contribution in [2.75, 3.05) is 6.79 Å². The van der Waals surface area contributed by atoms with Crippen molar-refractivity contribution >= 4 is 12.0 Å². The van der Waals surface area contributed by atoms with Crippen LogP contribution < -0.4 is 25.1 Å². The van der Waals surface area contributed by atoms with Crippen LogP contribution >= 0.6 is 0 Å². The van der Waals surface area contributed by atoms with Crippen LogP contribution in [0.25, 0.3) is 0 Å². The number of hydrazine groups is 1. The Labute approximate surface area is 178 Å². The van der Waals surface area contributed by atoms with Crippen molar-refractivity contribution in [3.05, 3.63) is 89.5 Å². The quantitative estimate of drug-likeness (QED) is 0.592. The lowest BCUT2D eigenvalue weighted by Crippen LogP contribution is -2.41. The maximum atomic E-state index is 12.2. The minimum absolute atomic E-state index is 0.0221. The van der Waals surface area contributed by atoms with E-state index in [-0.39, 0.29) is 13.4 Å². The van der Waals surface area contributed by atoms with E-state index < -0.39 is 12.0 Å². The second-order valence-corrected chi connectivity index (χ2v) is 6.64. The van der Waals surface area contributed by atoms with Gasteiger partial charge in [-0.1, -0.05) is 42.5 Å². The highest BCUT2D eigenvalue weighted by atomic mass is 16.7. The summed E-state index contributed by atoms with van der Waals surface area (Å²) in [5.41, 5.74) is 6.63. The largest absolute Gasteiger partial charge is 0.489 e. The van der Waals surface area contributed by atoms with Gasteiger partial charge in [-0.2, -0.15) is 0 Å². The number of hydrogen-bond donors (Lipinski definition) is 2. The van der Waals surface area contributed by atoms with Crippen LogP contribution in [0.3, 0.4) is 0 Å². The third-order valence-electron chi connectivity index (χ3n) is 4.43. The van der Waals surface area contributed by atoms with Gasteiger partial charge in [-0.25, -0.2) is 10.2 Å². The van der Waals surface area contributed by atoms with Crippen LogP contribution in [0, 0.1) is 0 Å². The molecule has 0 saturated heterocycles. The monoisotopic (exact) mass is 420 g/mol. The van der Waals surface area contributed by atoms with E-state index in [4.69, 9.17) is 18.9 Å². The number of ether oxygens (including phenoxy) is 4. The fraction of sp³-hybridized carbons (Fsp3) is 0.130. The molecule has 1 heterocycles. The zero-order valence-electron chi connectivity index (χ0n) is 16.5. The van der Waals surface area contributed by atoms with Gasteiger partial charge in [-0.3, -0.25) is 10.2 Å². The molecule has 0 aliphatic carbocycles. The Kier molecular flexibility index (Phi) is 6.18. The normalized spacial score (nSPS) is 11.5. The molecule has 3 aromatic rings. The number of carbonyl (C=O) groups excluding carboxylic acids is 2. The molecule has 0 bridgehead atoms. The summed E-state index contributed by atoms with van der Waals surface area (Å²) in [6, 6.07) is 21.8. The molecule has 4 rings (SSSR count). The molecule has 1 aliphatic heterocycles. The molecule has 0 radical (unpaired) electrons. The standard InChI is InChI=1S/C23H20N2O6/c26-22(18-9-10-20-21(12-18)31-15-30-20)24-25-23(27)29-14-17-7-4-8-19(11-17)28-13-16-5-2-1-3-6-16/h1-12H,13-15H2,(H,24,26)(H,25,27). The lowest BCUT2D eigenvalue weighted by Gasteiger charge is -2.10. The van der Waals surface area contributed by atoms with E-state index in [1.54, 1.807) is 18.2 Å². The van der Waals surface area contributed by atoms with Crippen molar-refractivity contribution in [3.63, 3.8) is 0 Å². The van der Waals surface area contributed by atoms with E-state index in [1.165, 1.54) is 6.07 Å². The molecule has 0 fully saturated rings. The summed E-state index contributed by atoms with van der Waals surface area (Å²) in [6.07, 6.45) is -0.787. The molecule has 3 aromatic carbocycles. The van der Waals surface area contributed by atoms with E-state index in [2.05, 4.69) is 10.9 Å². The van der Waals surface area contributed by atoms with Crippen molar-refractivity contribution in [2.45, 2.75) is 13.2 Å². The Balaban J connectivity index is 1.23. The van der Waals surface area contributed by atoms with Gasteiger partial charge in [0.2, 0.25) is 6.79 Å². The predicted molar refractivity (Wildman–Crippen MR) is 111 cm³/mol. The lowest BCUT2D eigenvalue weighted by molar-refractivity contribution is 0.0904. The van der Waals surface area contributed by atoms with Crippen LogP contribution in [0.2, 0.25) is 0 Å². The molecule has 158 valence electrons. The molecule has 1 aliphatic rings. The Morgan fingerprint density at radius 2 is 1.61 bits per heavy atom. The molecule has 8 nitrogen and oxygen atoms in total. The van der Waals surface area contributed by atoms with Crippen molar-refractivity contribution < 1.29 is 28.5 Å². The molecule has 2 amide bonds. The van der Waals surface area contributed by atoms with Gasteiger partial charge in [-0.05, 0) is 41.5 Å². The van der Waals surface area contributed by atoms with Gasteiger partial charge in [0.15, 0.2) is 11.5 Å². The van der Waals surface area contributed by atoms with Crippen LogP contribution in [-0.4, -0.2) is 18.8 Å². The molecule has 0 unspecified atom stereocenters. The van der Waals surface area contributed by atoms with Gasteiger partial charge in [0.25, 0.3) is 5.91 Å². The number of hydrogen-bond acceptors (Lipinski definition) is 6. The lowest BCUT2D eigenvalue weighted by atomic mass is 10.2. The molecule has 2 N–H and O–H groups in total. The van der Waals surface area contributed by atoms with Crippen LogP contribution in [0.1, 0.15) is 21.5 Å². The van der Waals surface area contributed by atoms with Gasteiger partial charge < -0.3 is 18.9 Å². The molecule has 31 heavy (non-hydrogen) atoms. The zero-order valence-corrected chi connectivity index (χ0v) is 16.5. The molecule has 8 heteroatoms. The Morgan fingerprint density at radius 3 is 2.48 bits per heavy atom. The van der Waals surface area contributed by atoms with Crippen LogP contribution in [0.5, 0.6) is 17.2 Å². The third-order valence-corrected chi connectivity index (χ3v) is 4.43. The van der Waals surface area contributed by atoms with Crippen molar-refractivity contribution in [1.29, 1.82) is 0 Å². The predicted octanol–water partition coefficient (Wildman–Crippen LogP) is 3.57. The fourth-order valence-electron chi connectivity index (χ4n) is 2.87. The van der Waals surface area contributed by atoms with Crippen LogP contribution in [-0.2, 0) is 18.0 Å². The number of rotatable bonds is 6. The number of fused-ring (bicyclic) bond motifs is 1. The summed E-state index contributed by atoms with van der Waals surface area (Å²) in [5, 5.41) is 0. The first kappa shape index (κ1) is 20.1. The molecule has 0 saturated carbocycles. The zero-order chi connectivity index (χ0) is 21.5. The number of benzene rings is 3. The Morgan fingerprint density at radius 1 is 0.806 bits per heavy atom. The maximum absolute atomic E-state index is 12.2. The smallest absolute Gasteiger partial charge is 0.426 e. The molecule has 0 atom stereocenters. The second-order valence-electron chi connectivity index (χ2n) is 6.64. The summed E-state index contributed by atoms with van der Waals surface area (Å²) in [6.45, 7) is 0.579. The first-order valence-corrected chi connectivity index (χ1v) is 9.56. The number of carbonyl (C=O) groups is 2. The maximum Gasteiger partial charge on any atom is 0.426 e. The summed E-state index contributed by atoms with van der Waals surface area (Å²) in [4.78, 5) is 24.1. The van der Waals surface area contributed by atoms with Gasteiger partial charge in [-0.15, -0.1) is 0 Å². The highest BCUT2D eigenvalue weighted by Crippen LogP contribution is 2.32. The third kappa shape index (κ3) is 5.45. The topological polar surface area (TPSA) is 95.1 Å². The highest BCUT2D eigenvalue weighted by molar-refractivity contribution is 5.95. The average molecular weight is 420 g/mol. The second kappa shape index (κ2) is 9.53. The molecule has 0 aromatic heterocycles. The summed E-state index contributed by atoms with van der Waals surface area (Å²) >= 11 is 0. The van der Waals surface area contributed by atoms with Gasteiger partial charge in [0, 0.05) is 5.56 Å². The van der Waals surface area contributed by atoms with Crippen molar-refractivity contribution in [1.82, 2.24) is 10.9 Å². The average Bonchev–Trinajstić information content (AvgIpc) is 3.29. The highest BCUT2D eigenvalue weighted by Gasteiger charge is 2.16. The van der Waals surface area contributed by atoms with E-state index in [9.17, 15) is 9.59 Å². The van der Waals surface area contributed by atoms with E-state index >= 15 is 0 Å². The first-order chi connectivity index (χ1) is 15.2. The Hall–Kier alpha value is -4.20. The SMILES string of the molecule is O=C(NNC(=O)c1ccc2c(c1)OCO2)OCc1cccc(OCc2ccccc2)c1. The van der Waals surface area contributed by atoms with Gasteiger partial charge >= 0.3 is 6.09 Å². The molecular weight excluding hydrogens is 400 g/mol. The van der Waals surface area contributed by atoms with E-state index in [0.717, 1.165) is 11.1 Å².